The predicted molar refractivity (Wildman–Crippen MR) is 127 cm³/mol. The van der Waals surface area contributed by atoms with E-state index in [0.29, 0.717) is 6.42 Å². The van der Waals surface area contributed by atoms with Gasteiger partial charge in [0.15, 0.2) is 0 Å². The van der Waals surface area contributed by atoms with Crippen LogP contribution in [0.15, 0.2) is 0 Å². The molecule has 0 atom stereocenters. The van der Waals surface area contributed by atoms with Gasteiger partial charge in [0.05, 0.1) is 17.3 Å². The zero-order valence-electron chi connectivity index (χ0n) is 21.9. The molecule has 4 N–H and O–H groups in total. The second-order valence-electron chi connectivity index (χ2n) is 7.49. The number of carbonyl (C=O) groups is 4. The van der Waals surface area contributed by atoms with E-state index in [0.717, 1.165) is 51.4 Å². The third kappa shape index (κ3) is 24.2. The van der Waals surface area contributed by atoms with Crippen molar-refractivity contribution < 1.29 is 80.4 Å². The fourth-order valence-electron chi connectivity index (χ4n) is 2.69. The Bertz CT molecular complexity index is 466. The maximum atomic E-state index is 10.7. The van der Waals surface area contributed by atoms with E-state index in [1.807, 2.05) is 55.4 Å². The maximum Gasteiger partial charge on any atom is 0.309 e. The van der Waals surface area contributed by atoms with Crippen molar-refractivity contribution in [2.24, 2.45) is 17.3 Å². The Hall–Kier alpha value is -0.769. The first-order chi connectivity index (χ1) is 14.8. The smallest absolute Gasteiger partial charge is 0.309 e. The summed E-state index contributed by atoms with van der Waals surface area (Å²) in [6, 6.07) is 0. The van der Waals surface area contributed by atoms with Crippen LogP contribution in [0, 0.1) is 58.1 Å². The van der Waals surface area contributed by atoms with Crippen LogP contribution in [0.1, 0.15) is 113 Å². The first-order valence-electron chi connectivity index (χ1n) is 11.7. The number of rotatable bonds is 12. The fraction of sp³-hybridized carbons (Fsp3) is 0.833. The first kappa shape index (κ1) is 42.4. The van der Waals surface area contributed by atoms with Gasteiger partial charge < -0.3 is 20.4 Å². The summed E-state index contributed by atoms with van der Waals surface area (Å²) in [6.07, 6.45) is 6.19. The van der Waals surface area contributed by atoms with Crippen LogP contribution >= 0.6 is 0 Å². The van der Waals surface area contributed by atoms with Crippen molar-refractivity contribution >= 4 is 23.9 Å². The minimum atomic E-state index is -0.711. The molecule has 0 aromatic rings. The van der Waals surface area contributed by atoms with Crippen molar-refractivity contribution in [3.8, 4) is 0 Å². The molecule has 0 aromatic heterocycles. The van der Waals surface area contributed by atoms with Crippen molar-refractivity contribution in [1.82, 2.24) is 0 Å². The molecule has 196 valence electrons. The van der Waals surface area contributed by atoms with Gasteiger partial charge in [-0.2, -0.15) is 0 Å². The van der Waals surface area contributed by atoms with E-state index < -0.39 is 29.3 Å². The van der Waals surface area contributed by atoms with E-state index in [9.17, 15) is 19.2 Å². The zero-order valence-corrected chi connectivity index (χ0v) is 25.1. The topological polar surface area (TPSA) is 149 Å². The summed E-state index contributed by atoms with van der Waals surface area (Å²) in [6.45, 7) is 15.2. The van der Waals surface area contributed by atoms with Gasteiger partial charge in [0.25, 0.3) is 0 Å². The third-order valence-corrected chi connectivity index (χ3v) is 5.62. The second-order valence-corrected chi connectivity index (χ2v) is 7.49. The van der Waals surface area contributed by atoms with E-state index in [2.05, 4.69) is 0 Å². The van der Waals surface area contributed by atoms with Crippen molar-refractivity contribution in [3.05, 3.63) is 0 Å². The molecule has 0 fully saturated rings. The molecule has 0 saturated heterocycles. The Balaban J connectivity index is -0.000000106. The van der Waals surface area contributed by atoms with Gasteiger partial charge in [-0.3, -0.25) is 19.2 Å². The maximum absolute atomic E-state index is 10.7. The summed E-state index contributed by atoms with van der Waals surface area (Å²) >= 11 is 0. The molecule has 8 nitrogen and oxygen atoms in total. The van der Waals surface area contributed by atoms with Crippen LogP contribution in [-0.2, 0) is 19.2 Å². The number of carboxylic acids is 4. The van der Waals surface area contributed by atoms with Gasteiger partial charge in [0.2, 0.25) is 0 Å². The molecular formula is C24H48NdO8. The molecule has 0 aliphatic heterocycles. The number of carboxylic acid groups (broad SMARTS) is 4. The molecule has 0 saturated carbocycles. The molecule has 0 aromatic carbocycles. The van der Waals surface area contributed by atoms with E-state index in [1.54, 1.807) is 0 Å². The van der Waals surface area contributed by atoms with Gasteiger partial charge in [-0.05, 0) is 51.4 Å². The normalized spacial score (nSPS) is 9.76. The van der Waals surface area contributed by atoms with Crippen LogP contribution in [0.3, 0.4) is 0 Å². The second kappa shape index (κ2) is 27.5. The Morgan fingerprint density at radius 3 is 0.879 bits per heavy atom. The standard InChI is InChI=1S/C8H16O2.2C6H12O2.C4H8O2.Nd/c1-4-8(5-2,6-3)7(9)10;2*1-3-5(4-2)6(7)8;1-2-3-4(5)6;/h4-6H2,1-3H3,(H,9,10);2*5H,3-4H2,1-2H3,(H,7,8);2-3H2,1H3,(H,5,6);. The average molecular weight is 609 g/mol. The van der Waals surface area contributed by atoms with E-state index in [1.165, 1.54) is 0 Å². The number of hydrogen-bond acceptors (Lipinski definition) is 4. The Labute approximate surface area is 233 Å². The Kier molecular flexibility index (Phi) is 35.3. The van der Waals surface area contributed by atoms with Crippen LogP contribution in [0.2, 0.25) is 0 Å². The number of hydrogen-bond donors (Lipinski definition) is 4. The van der Waals surface area contributed by atoms with Crippen LogP contribution in [-0.4, -0.2) is 44.3 Å². The summed E-state index contributed by atoms with van der Waals surface area (Å²) in [5, 5.41) is 33.5. The minimum Gasteiger partial charge on any atom is -0.481 e. The van der Waals surface area contributed by atoms with Gasteiger partial charge in [0.1, 0.15) is 0 Å². The average Bonchev–Trinajstić information content (AvgIpc) is 2.72. The molecule has 0 radical (unpaired) electrons. The van der Waals surface area contributed by atoms with Gasteiger partial charge >= 0.3 is 23.9 Å². The molecule has 0 amide bonds. The van der Waals surface area contributed by atoms with Gasteiger partial charge in [0, 0.05) is 47.3 Å². The fourth-order valence-corrected chi connectivity index (χ4v) is 2.69. The Morgan fingerprint density at radius 1 is 0.606 bits per heavy atom. The van der Waals surface area contributed by atoms with E-state index >= 15 is 0 Å². The van der Waals surface area contributed by atoms with E-state index in [4.69, 9.17) is 20.4 Å². The number of aliphatic carboxylic acids is 4. The van der Waals surface area contributed by atoms with E-state index in [-0.39, 0.29) is 52.7 Å². The summed E-state index contributed by atoms with van der Waals surface area (Å²) < 4.78 is 0. The molecular weight excluding hydrogens is 560 g/mol. The quantitative estimate of drug-likeness (QED) is 0.205. The van der Waals surface area contributed by atoms with Crippen molar-refractivity contribution in [1.29, 1.82) is 0 Å². The summed E-state index contributed by atoms with van der Waals surface area (Å²) in [5.41, 5.74) is -0.458. The SMILES string of the molecule is CCC(CC)(CC)C(=O)O.CCC(CC)C(=O)O.CCC(CC)C(=O)O.CCCC(=O)O.[Nd]. The summed E-state index contributed by atoms with van der Waals surface area (Å²) in [4.78, 5) is 40.6. The molecule has 0 aliphatic rings. The molecule has 0 bridgehead atoms. The minimum absolute atomic E-state index is 0. The molecule has 0 heterocycles. The molecule has 0 unspecified atom stereocenters. The summed E-state index contributed by atoms with van der Waals surface area (Å²) in [7, 11) is 0. The summed E-state index contributed by atoms with van der Waals surface area (Å²) in [5.74, 6) is -2.97. The van der Waals surface area contributed by atoms with Crippen molar-refractivity contribution in [2.75, 3.05) is 0 Å². The van der Waals surface area contributed by atoms with Crippen LogP contribution in [0.25, 0.3) is 0 Å². The largest absolute Gasteiger partial charge is 0.481 e. The predicted octanol–water partition coefficient (Wildman–Crippen LogP) is 6.17. The van der Waals surface area contributed by atoms with Gasteiger partial charge in [-0.15, -0.1) is 0 Å². The zero-order chi connectivity index (χ0) is 26.3. The van der Waals surface area contributed by atoms with Crippen molar-refractivity contribution in [2.45, 2.75) is 113 Å². The molecule has 0 spiro atoms. The van der Waals surface area contributed by atoms with Crippen LogP contribution < -0.4 is 0 Å². The van der Waals surface area contributed by atoms with Crippen molar-refractivity contribution in [3.63, 3.8) is 0 Å². The van der Waals surface area contributed by atoms with Crippen LogP contribution in [0.5, 0.6) is 0 Å². The monoisotopic (exact) mass is 606 g/mol. The van der Waals surface area contributed by atoms with Gasteiger partial charge in [-0.1, -0.05) is 55.4 Å². The van der Waals surface area contributed by atoms with Gasteiger partial charge in [-0.25, -0.2) is 0 Å². The molecule has 0 rings (SSSR count). The molecule has 0 aliphatic carbocycles. The van der Waals surface area contributed by atoms with Crippen LogP contribution in [0.4, 0.5) is 0 Å². The third-order valence-electron chi connectivity index (χ3n) is 5.62. The molecule has 33 heavy (non-hydrogen) atoms. The Morgan fingerprint density at radius 2 is 0.879 bits per heavy atom. The molecule has 9 heteroatoms. The first-order valence-corrected chi connectivity index (χ1v) is 11.7.